The molecule has 2 aromatic rings. The van der Waals surface area contributed by atoms with Crippen LogP contribution in [0.15, 0.2) is 66.8 Å². The van der Waals surface area contributed by atoms with Crippen molar-refractivity contribution in [2.75, 3.05) is 40.9 Å². The first-order valence-electron chi connectivity index (χ1n) is 10.8. The lowest BCUT2D eigenvalue weighted by Crippen LogP contribution is -2.32. The summed E-state index contributed by atoms with van der Waals surface area (Å²) in [7, 11) is 5.46. The van der Waals surface area contributed by atoms with Gasteiger partial charge in [0.2, 0.25) is 0 Å². The SMILES string of the molecule is C=CCOc1ccc(C2/C(=C(\O)c3ccc(OC)cc3)C(=O)C(=O)N2CCCN(C)C)cc1. The highest BCUT2D eigenvalue weighted by molar-refractivity contribution is 6.46. The molecular formula is C26H30N2O5. The zero-order valence-electron chi connectivity index (χ0n) is 19.3. The quantitative estimate of drug-likeness (QED) is 0.258. The van der Waals surface area contributed by atoms with Gasteiger partial charge in [-0.15, -0.1) is 0 Å². The van der Waals surface area contributed by atoms with Crippen LogP contribution in [0.3, 0.4) is 0 Å². The molecule has 7 heteroatoms. The van der Waals surface area contributed by atoms with Gasteiger partial charge in [-0.2, -0.15) is 0 Å². The summed E-state index contributed by atoms with van der Waals surface area (Å²) in [6.07, 6.45) is 2.35. The third-order valence-electron chi connectivity index (χ3n) is 5.47. The van der Waals surface area contributed by atoms with Crippen molar-refractivity contribution in [1.29, 1.82) is 0 Å². The van der Waals surface area contributed by atoms with Gasteiger partial charge in [0.15, 0.2) is 0 Å². The highest BCUT2D eigenvalue weighted by atomic mass is 16.5. The Morgan fingerprint density at radius 3 is 2.30 bits per heavy atom. The van der Waals surface area contributed by atoms with Crippen LogP contribution in [0.1, 0.15) is 23.6 Å². The molecule has 1 heterocycles. The van der Waals surface area contributed by atoms with Gasteiger partial charge in [-0.05, 0) is 69.0 Å². The molecule has 1 unspecified atom stereocenters. The molecule has 1 amide bonds. The summed E-state index contributed by atoms with van der Waals surface area (Å²) in [6, 6.07) is 13.2. The topological polar surface area (TPSA) is 79.3 Å². The number of carbonyl (C=O) groups excluding carboxylic acids is 2. The molecule has 0 aliphatic carbocycles. The number of nitrogens with zero attached hydrogens (tertiary/aromatic N) is 2. The molecule has 33 heavy (non-hydrogen) atoms. The average molecular weight is 451 g/mol. The molecular weight excluding hydrogens is 420 g/mol. The first-order valence-corrected chi connectivity index (χ1v) is 10.8. The maximum absolute atomic E-state index is 13.1. The van der Waals surface area contributed by atoms with Gasteiger partial charge < -0.3 is 24.4 Å². The molecule has 0 spiro atoms. The van der Waals surface area contributed by atoms with E-state index in [0.717, 1.165) is 12.1 Å². The monoisotopic (exact) mass is 450 g/mol. The van der Waals surface area contributed by atoms with E-state index in [1.165, 1.54) is 0 Å². The highest BCUT2D eigenvalue weighted by Gasteiger charge is 2.45. The van der Waals surface area contributed by atoms with Crippen molar-refractivity contribution in [2.45, 2.75) is 12.5 Å². The number of methoxy groups -OCH3 is 1. The zero-order chi connectivity index (χ0) is 24.0. The molecule has 0 bridgehead atoms. The van der Waals surface area contributed by atoms with Gasteiger partial charge >= 0.3 is 0 Å². The van der Waals surface area contributed by atoms with Gasteiger partial charge in [-0.25, -0.2) is 0 Å². The number of Topliss-reactive ketones (excluding diaryl/α,β-unsaturated/α-hetero) is 1. The predicted molar refractivity (Wildman–Crippen MR) is 127 cm³/mol. The van der Waals surface area contributed by atoms with Crippen LogP contribution < -0.4 is 9.47 Å². The number of benzene rings is 2. The van der Waals surface area contributed by atoms with Crippen molar-refractivity contribution in [2.24, 2.45) is 0 Å². The Morgan fingerprint density at radius 2 is 1.73 bits per heavy atom. The Kier molecular flexibility index (Phi) is 7.90. The van der Waals surface area contributed by atoms with Gasteiger partial charge in [0, 0.05) is 12.1 Å². The van der Waals surface area contributed by atoms with E-state index in [0.29, 0.717) is 36.6 Å². The van der Waals surface area contributed by atoms with Crippen molar-refractivity contribution >= 4 is 17.4 Å². The number of carbonyl (C=O) groups is 2. The third-order valence-corrected chi connectivity index (χ3v) is 5.47. The Morgan fingerprint density at radius 1 is 1.09 bits per heavy atom. The lowest BCUT2D eigenvalue weighted by Gasteiger charge is -2.26. The minimum Gasteiger partial charge on any atom is -0.507 e. The van der Waals surface area contributed by atoms with Gasteiger partial charge in [0.05, 0.1) is 18.7 Å². The van der Waals surface area contributed by atoms with E-state index in [9.17, 15) is 14.7 Å². The lowest BCUT2D eigenvalue weighted by molar-refractivity contribution is -0.139. The third kappa shape index (κ3) is 5.43. The number of hydrogen-bond acceptors (Lipinski definition) is 6. The fourth-order valence-corrected chi connectivity index (χ4v) is 3.82. The summed E-state index contributed by atoms with van der Waals surface area (Å²) in [5.41, 5.74) is 1.24. The number of aliphatic hydroxyl groups is 1. The van der Waals surface area contributed by atoms with Gasteiger partial charge in [-0.1, -0.05) is 24.8 Å². The molecule has 1 aliphatic heterocycles. The van der Waals surface area contributed by atoms with Crippen molar-refractivity contribution in [3.63, 3.8) is 0 Å². The maximum Gasteiger partial charge on any atom is 0.295 e. The van der Waals surface area contributed by atoms with E-state index >= 15 is 0 Å². The molecule has 0 saturated carbocycles. The Hall–Kier alpha value is -3.58. The van der Waals surface area contributed by atoms with E-state index in [1.54, 1.807) is 54.5 Å². The summed E-state index contributed by atoms with van der Waals surface area (Å²) in [5.74, 6) is -0.227. The van der Waals surface area contributed by atoms with E-state index in [-0.39, 0.29) is 11.3 Å². The average Bonchev–Trinajstić information content (AvgIpc) is 3.07. The van der Waals surface area contributed by atoms with Crippen LogP contribution in [-0.4, -0.2) is 67.5 Å². The van der Waals surface area contributed by atoms with Crippen LogP contribution in [0.5, 0.6) is 11.5 Å². The number of amides is 1. The number of ether oxygens (including phenoxy) is 2. The summed E-state index contributed by atoms with van der Waals surface area (Å²) in [4.78, 5) is 29.6. The van der Waals surface area contributed by atoms with Crippen LogP contribution in [0.4, 0.5) is 0 Å². The van der Waals surface area contributed by atoms with Crippen molar-refractivity contribution in [3.05, 3.63) is 77.9 Å². The molecule has 1 N–H and O–H groups in total. The summed E-state index contributed by atoms with van der Waals surface area (Å²) in [5, 5.41) is 11.1. The second kappa shape index (κ2) is 10.8. The molecule has 1 saturated heterocycles. The van der Waals surface area contributed by atoms with Crippen molar-refractivity contribution < 1.29 is 24.2 Å². The Bertz CT molecular complexity index is 1030. The number of ketones is 1. The second-order valence-electron chi connectivity index (χ2n) is 8.05. The maximum atomic E-state index is 13.1. The smallest absolute Gasteiger partial charge is 0.295 e. The van der Waals surface area contributed by atoms with Crippen LogP contribution in [0, 0.1) is 0 Å². The number of likely N-dealkylation sites (tertiary alicyclic amines) is 1. The first-order chi connectivity index (χ1) is 15.9. The molecule has 0 radical (unpaired) electrons. The fraction of sp³-hybridized carbons (Fsp3) is 0.308. The van der Waals surface area contributed by atoms with Crippen molar-refractivity contribution in [3.8, 4) is 11.5 Å². The van der Waals surface area contributed by atoms with Gasteiger partial charge in [-0.3, -0.25) is 9.59 Å². The van der Waals surface area contributed by atoms with E-state index in [1.807, 2.05) is 31.1 Å². The molecule has 3 rings (SSSR count). The van der Waals surface area contributed by atoms with Crippen LogP contribution in [0.2, 0.25) is 0 Å². The molecule has 1 fully saturated rings. The van der Waals surface area contributed by atoms with Crippen LogP contribution >= 0.6 is 0 Å². The second-order valence-corrected chi connectivity index (χ2v) is 8.05. The Balaban J connectivity index is 2.03. The molecule has 0 aromatic heterocycles. The first kappa shape index (κ1) is 24.1. The Labute approximate surface area is 194 Å². The number of hydrogen-bond donors (Lipinski definition) is 1. The minimum atomic E-state index is -0.692. The predicted octanol–water partition coefficient (Wildman–Crippen LogP) is 3.63. The standard InChI is InChI=1S/C26H30N2O5/c1-5-17-33-21-13-7-18(8-14-21)23-22(24(29)19-9-11-20(32-4)12-10-19)25(30)26(31)28(23)16-6-15-27(2)3/h5,7-14,23,29H,1,6,15-17H2,2-4H3/b24-22+. The molecule has 1 atom stereocenters. The van der Waals surface area contributed by atoms with E-state index in [2.05, 4.69) is 6.58 Å². The summed E-state index contributed by atoms with van der Waals surface area (Å²) >= 11 is 0. The normalized spacial score (nSPS) is 17.5. The van der Waals surface area contributed by atoms with Crippen molar-refractivity contribution in [1.82, 2.24) is 9.80 Å². The lowest BCUT2D eigenvalue weighted by atomic mass is 9.95. The molecule has 2 aromatic carbocycles. The van der Waals surface area contributed by atoms with Crippen LogP contribution in [-0.2, 0) is 9.59 Å². The van der Waals surface area contributed by atoms with Gasteiger partial charge in [0.25, 0.3) is 11.7 Å². The molecule has 1 aliphatic rings. The van der Waals surface area contributed by atoms with Crippen LogP contribution in [0.25, 0.3) is 5.76 Å². The fourth-order valence-electron chi connectivity index (χ4n) is 3.82. The molecule has 174 valence electrons. The van der Waals surface area contributed by atoms with E-state index < -0.39 is 17.7 Å². The van der Waals surface area contributed by atoms with Gasteiger partial charge in [0.1, 0.15) is 23.9 Å². The zero-order valence-corrected chi connectivity index (χ0v) is 19.3. The summed E-state index contributed by atoms with van der Waals surface area (Å²) in [6.45, 7) is 5.17. The highest BCUT2D eigenvalue weighted by Crippen LogP contribution is 2.40. The van der Waals surface area contributed by atoms with E-state index in [4.69, 9.17) is 9.47 Å². The number of rotatable bonds is 10. The number of aliphatic hydroxyl groups excluding tert-OH is 1. The molecule has 7 nitrogen and oxygen atoms in total. The minimum absolute atomic E-state index is 0.0785. The largest absolute Gasteiger partial charge is 0.507 e. The summed E-state index contributed by atoms with van der Waals surface area (Å²) < 4.78 is 10.7.